The Morgan fingerprint density at radius 3 is 2.81 bits per heavy atom. The second-order valence-electron chi connectivity index (χ2n) is 5.93. The minimum atomic E-state index is -0.184. The van der Waals surface area contributed by atoms with Crippen molar-refractivity contribution in [2.24, 2.45) is 0 Å². The standard InChI is InChI=1S/C18H22N4O3.ClH/c23-17(12-15-13-25-11-9-19-15)20-8-10-22-18(24)7-6-16(21-22)14-4-2-1-3-5-14;/h1-7,15,19H,8-13H2,(H,20,23);1H. The Kier molecular flexibility index (Phi) is 7.77. The average molecular weight is 379 g/mol. The van der Waals surface area contributed by atoms with Crippen LogP contribution in [0.5, 0.6) is 0 Å². The fourth-order valence-corrected chi connectivity index (χ4v) is 2.72. The maximum Gasteiger partial charge on any atom is 0.266 e. The largest absolute Gasteiger partial charge is 0.378 e. The lowest BCUT2D eigenvalue weighted by Crippen LogP contribution is -2.44. The number of hydrogen-bond donors (Lipinski definition) is 2. The van der Waals surface area contributed by atoms with Gasteiger partial charge in [-0.25, -0.2) is 4.68 Å². The van der Waals surface area contributed by atoms with Gasteiger partial charge < -0.3 is 15.4 Å². The summed E-state index contributed by atoms with van der Waals surface area (Å²) in [5, 5.41) is 10.4. The van der Waals surface area contributed by atoms with Crippen LogP contribution in [0, 0.1) is 0 Å². The molecule has 0 radical (unpaired) electrons. The van der Waals surface area contributed by atoms with Gasteiger partial charge in [0.05, 0.1) is 25.5 Å². The first kappa shape index (κ1) is 20.1. The van der Waals surface area contributed by atoms with Gasteiger partial charge in [0.15, 0.2) is 0 Å². The molecule has 0 aliphatic carbocycles. The number of ether oxygens (including phenoxy) is 1. The fraction of sp³-hybridized carbons (Fsp3) is 0.389. The molecule has 7 nitrogen and oxygen atoms in total. The molecule has 1 aliphatic heterocycles. The van der Waals surface area contributed by atoms with Crippen LogP contribution in [0.1, 0.15) is 6.42 Å². The summed E-state index contributed by atoms with van der Waals surface area (Å²) in [6, 6.07) is 12.9. The van der Waals surface area contributed by atoms with Crippen molar-refractivity contribution in [2.75, 3.05) is 26.3 Å². The first-order valence-corrected chi connectivity index (χ1v) is 8.44. The topological polar surface area (TPSA) is 85.2 Å². The van der Waals surface area contributed by atoms with Gasteiger partial charge in [-0.1, -0.05) is 30.3 Å². The van der Waals surface area contributed by atoms with Crippen molar-refractivity contribution < 1.29 is 9.53 Å². The van der Waals surface area contributed by atoms with Crippen molar-refractivity contribution >= 4 is 18.3 Å². The van der Waals surface area contributed by atoms with E-state index < -0.39 is 0 Å². The van der Waals surface area contributed by atoms with Crippen molar-refractivity contribution in [3.63, 3.8) is 0 Å². The van der Waals surface area contributed by atoms with Gasteiger partial charge in [0.2, 0.25) is 5.91 Å². The van der Waals surface area contributed by atoms with Gasteiger partial charge in [0, 0.05) is 37.2 Å². The van der Waals surface area contributed by atoms with Crippen LogP contribution in [-0.2, 0) is 16.1 Å². The van der Waals surface area contributed by atoms with Crippen LogP contribution in [0.3, 0.4) is 0 Å². The SMILES string of the molecule is Cl.O=C(CC1COCCN1)NCCn1nc(-c2ccccc2)ccc1=O. The number of nitrogens with one attached hydrogen (secondary N) is 2. The molecule has 1 amide bonds. The molecule has 0 spiro atoms. The van der Waals surface area contributed by atoms with Crippen LogP contribution in [-0.4, -0.2) is 48.0 Å². The van der Waals surface area contributed by atoms with Gasteiger partial charge in [0.25, 0.3) is 5.56 Å². The third-order valence-corrected chi connectivity index (χ3v) is 4.01. The summed E-state index contributed by atoms with van der Waals surface area (Å²) >= 11 is 0. The van der Waals surface area contributed by atoms with Crippen molar-refractivity contribution in [2.45, 2.75) is 19.0 Å². The molecule has 2 N–H and O–H groups in total. The van der Waals surface area contributed by atoms with Crippen LogP contribution in [0.15, 0.2) is 47.3 Å². The van der Waals surface area contributed by atoms with E-state index in [1.165, 1.54) is 10.7 Å². The lowest BCUT2D eigenvalue weighted by Gasteiger charge is -2.23. The van der Waals surface area contributed by atoms with Crippen molar-refractivity contribution in [3.05, 3.63) is 52.8 Å². The van der Waals surface area contributed by atoms with Crippen molar-refractivity contribution in [1.29, 1.82) is 0 Å². The van der Waals surface area contributed by atoms with Crippen LogP contribution in [0.25, 0.3) is 11.3 Å². The number of aromatic nitrogens is 2. The number of amides is 1. The van der Waals surface area contributed by atoms with Gasteiger partial charge in [0.1, 0.15) is 0 Å². The number of nitrogens with zero attached hydrogens (tertiary/aromatic N) is 2. The molecule has 140 valence electrons. The molecule has 1 aromatic carbocycles. The Labute approximate surface area is 158 Å². The normalized spacial score (nSPS) is 16.5. The highest BCUT2D eigenvalue weighted by Crippen LogP contribution is 2.13. The number of carbonyl (C=O) groups excluding carboxylic acids is 1. The zero-order valence-electron chi connectivity index (χ0n) is 14.4. The number of rotatable bonds is 6. The summed E-state index contributed by atoms with van der Waals surface area (Å²) in [4.78, 5) is 23.9. The molecule has 3 rings (SSSR count). The van der Waals surface area contributed by atoms with Gasteiger partial charge in [-0.3, -0.25) is 9.59 Å². The Hall–Kier alpha value is -2.22. The number of morpholine rings is 1. The number of hydrogen-bond acceptors (Lipinski definition) is 5. The predicted octanol–water partition coefficient (Wildman–Crippen LogP) is 0.827. The van der Waals surface area contributed by atoms with Crippen molar-refractivity contribution in [1.82, 2.24) is 20.4 Å². The predicted molar refractivity (Wildman–Crippen MR) is 101 cm³/mol. The molecule has 8 heteroatoms. The van der Waals surface area contributed by atoms with Crippen LogP contribution in [0.2, 0.25) is 0 Å². The summed E-state index contributed by atoms with van der Waals surface area (Å²) in [5.74, 6) is -0.0599. The molecule has 0 bridgehead atoms. The highest BCUT2D eigenvalue weighted by atomic mass is 35.5. The Morgan fingerprint density at radius 2 is 2.08 bits per heavy atom. The summed E-state index contributed by atoms with van der Waals surface area (Å²) in [7, 11) is 0. The van der Waals surface area contributed by atoms with E-state index in [-0.39, 0.29) is 29.9 Å². The van der Waals surface area contributed by atoms with E-state index >= 15 is 0 Å². The minimum absolute atomic E-state index is 0. The molecule has 1 aliphatic rings. The molecule has 2 heterocycles. The summed E-state index contributed by atoms with van der Waals surface area (Å²) in [6.45, 7) is 2.69. The molecule has 1 fully saturated rings. The first-order chi connectivity index (χ1) is 12.2. The molecule has 1 aromatic heterocycles. The van der Waals surface area contributed by atoms with E-state index in [2.05, 4.69) is 15.7 Å². The second kappa shape index (κ2) is 10.1. The van der Waals surface area contributed by atoms with E-state index in [9.17, 15) is 9.59 Å². The van der Waals surface area contributed by atoms with Crippen molar-refractivity contribution in [3.8, 4) is 11.3 Å². The maximum atomic E-state index is 12.0. The van der Waals surface area contributed by atoms with Gasteiger partial charge in [-0.15, -0.1) is 12.4 Å². The Morgan fingerprint density at radius 1 is 1.27 bits per heavy atom. The smallest absolute Gasteiger partial charge is 0.266 e. The van der Waals surface area contributed by atoms with E-state index in [0.717, 1.165) is 17.8 Å². The Bertz CT molecular complexity index is 761. The summed E-state index contributed by atoms with van der Waals surface area (Å²) in [5.41, 5.74) is 1.50. The lowest BCUT2D eigenvalue weighted by molar-refractivity contribution is -0.122. The zero-order valence-corrected chi connectivity index (χ0v) is 15.2. The monoisotopic (exact) mass is 378 g/mol. The Balaban J connectivity index is 0.00000243. The summed E-state index contributed by atoms with van der Waals surface area (Å²) < 4.78 is 6.71. The van der Waals surface area contributed by atoms with Crippen LogP contribution >= 0.6 is 12.4 Å². The average Bonchev–Trinajstić information content (AvgIpc) is 2.65. The number of halogens is 1. The molecular formula is C18H23ClN4O3. The molecular weight excluding hydrogens is 356 g/mol. The molecule has 26 heavy (non-hydrogen) atoms. The molecule has 0 saturated carbocycles. The lowest BCUT2D eigenvalue weighted by atomic mass is 10.1. The zero-order chi connectivity index (χ0) is 17.5. The highest BCUT2D eigenvalue weighted by molar-refractivity contribution is 5.85. The molecule has 1 atom stereocenters. The second-order valence-corrected chi connectivity index (χ2v) is 5.93. The number of carbonyl (C=O) groups is 1. The van der Waals surface area contributed by atoms with E-state index in [1.54, 1.807) is 6.07 Å². The third-order valence-electron chi connectivity index (χ3n) is 4.01. The molecule has 1 saturated heterocycles. The van der Waals surface area contributed by atoms with Gasteiger partial charge in [-0.2, -0.15) is 5.10 Å². The maximum absolute atomic E-state index is 12.0. The van der Waals surface area contributed by atoms with E-state index in [4.69, 9.17) is 4.74 Å². The summed E-state index contributed by atoms with van der Waals surface area (Å²) in [6.07, 6.45) is 0.367. The number of benzene rings is 1. The molecule has 1 unspecified atom stereocenters. The van der Waals surface area contributed by atoms with Crippen LogP contribution in [0.4, 0.5) is 0 Å². The van der Waals surface area contributed by atoms with Gasteiger partial charge >= 0.3 is 0 Å². The van der Waals surface area contributed by atoms with Crippen LogP contribution < -0.4 is 16.2 Å². The first-order valence-electron chi connectivity index (χ1n) is 8.44. The molecule has 2 aromatic rings. The third kappa shape index (κ3) is 5.66. The van der Waals surface area contributed by atoms with Gasteiger partial charge in [-0.05, 0) is 6.07 Å². The highest BCUT2D eigenvalue weighted by Gasteiger charge is 2.16. The fourth-order valence-electron chi connectivity index (χ4n) is 2.72. The minimum Gasteiger partial charge on any atom is -0.378 e. The quantitative estimate of drug-likeness (QED) is 0.777. The van der Waals surface area contributed by atoms with E-state index in [0.29, 0.717) is 32.7 Å². The van der Waals surface area contributed by atoms with E-state index in [1.807, 2.05) is 30.3 Å².